The van der Waals surface area contributed by atoms with Crippen molar-refractivity contribution in [3.8, 4) is 0 Å². The van der Waals surface area contributed by atoms with Crippen LogP contribution < -0.4 is 11.4 Å². The van der Waals surface area contributed by atoms with Gasteiger partial charge in [-0.1, -0.05) is 0 Å². The summed E-state index contributed by atoms with van der Waals surface area (Å²) in [5, 5.41) is 9.07. The molecule has 104 valence electrons. The lowest BCUT2D eigenvalue weighted by Gasteiger charge is -2.17. The van der Waals surface area contributed by atoms with Crippen LogP contribution in [0.2, 0.25) is 0 Å². The number of carbonyl (C=O) groups is 2. The lowest BCUT2D eigenvalue weighted by molar-refractivity contribution is -0.138. The summed E-state index contributed by atoms with van der Waals surface area (Å²) in [5.41, 5.74) is 5.95. The molecule has 1 atom stereocenters. The second-order valence-corrected chi connectivity index (χ2v) is 4.41. The molecule has 1 amide bonds. The fourth-order valence-corrected chi connectivity index (χ4v) is 2.05. The molecule has 0 bridgehead atoms. The topological polar surface area (TPSA) is 115 Å². The van der Waals surface area contributed by atoms with Crippen LogP contribution in [0.15, 0.2) is 4.79 Å². The first-order valence-electron chi connectivity index (χ1n) is 5.84. The van der Waals surface area contributed by atoms with Crippen molar-refractivity contribution < 1.29 is 14.7 Å². The van der Waals surface area contributed by atoms with Gasteiger partial charge in [0.1, 0.15) is 0 Å². The quantitative estimate of drug-likeness (QED) is 0.774. The van der Waals surface area contributed by atoms with E-state index in [0.29, 0.717) is 17.0 Å². The van der Waals surface area contributed by atoms with Crippen LogP contribution in [0.3, 0.4) is 0 Å². The molecule has 0 aliphatic heterocycles. The first-order valence-corrected chi connectivity index (χ1v) is 5.84. The van der Waals surface area contributed by atoms with Crippen LogP contribution in [-0.2, 0) is 16.1 Å². The van der Waals surface area contributed by atoms with Crippen LogP contribution in [-0.4, -0.2) is 26.5 Å². The summed E-state index contributed by atoms with van der Waals surface area (Å²) < 4.78 is 1.28. The first kappa shape index (κ1) is 14.9. The number of carboxylic acid groups (broad SMARTS) is 1. The lowest BCUT2D eigenvalue weighted by atomic mass is 9.98. The van der Waals surface area contributed by atoms with Gasteiger partial charge in [0.2, 0.25) is 5.91 Å². The normalized spacial score (nSPS) is 12.2. The lowest BCUT2D eigenvalue weighted by Crippen LogP contribution is -2.30. The molecule has 1 aromatic heterocycles. The van der Waals surface area contributed by atoms with Gasteiger partial charge in [-0.25, -0.2) is 4.79 Å². The average Bonchev–Trinajstić information content (AvgIpc) is 2.27. The minimum Gasteiger partial charge on any atom is -0.481 e. The van der Waals surface area contributed by atoms with E-state index < -0.39 is 23.5 Å². The Bertz CT molecular complexity index is 577. The molecule has 0 fully saturated rings. The van der Waals surface area contributed by atoms with Gasteiger partial charge in [0.05, 0.1) is 5.92 Å². The molecule has 0 aromatic carbocycles. The molecule has 7 nitrogen and oxygen atoms in total. The molecule has 0 radical (unpaired) electrons. The second kappa shape index (κ2) is 5.64. The van der Waals surface area contributed by atoms with E-state index in [1.165, 1.54) is 11.5 Å². The fraction of sp³-hybridized carbons (Fsp3) is 0.500. The van der Waals surface area contributed by atoms with Crippen molar-refractivity contribution >= 4 is 11.9 Å². The molecule has 0 aliphatic rings. The maximum absolute atomic E-state index is 11.8. The predicted molar refractivity (Wildman–Crippen MR) is 67.8 cm³/mol. The Balaban J connectivity index is 3.34. The predicted octanol–water partition coefficient (Wildman–Crippen LogP) is -0.0764. The van der Waals surface area contributed by atoms with Gasteiger partial charge in [0, 0.05) is 29.9 Å². The fourth-order valence-electron chi connectivity index (χ4n) is 2.05. The van der Waals surface area contributed by atoms with Crippen molar-refractivity contribution in [2.75, 3.05) is 0 Å². The summed E-state index contributed by atoms with van der Waals surface area (Å²) in [6.07, 6.45) is 0.00633. The number of aryl methyl sites for hydroxylation is 1. The van der Waals surface area contributed by atoms with Crippen molar-refractivity contribution in [2.45, 2.75) is 39.7 Å². The Labute approximate surface area is 110 Å². The van der Waals surface area contributed by atoms with Gasteiger partial charge in [-0.05, 0) is 20.8 Å². The van der Waals surface area contributed by atoms with E-state index in [9.17, 15) is 14.4 Å². The molecule has 0 saturated heterocycles. The minimum atomic E-state index is -0.992. The molecule has 19 heavy (non-hydrogen) atoms. The molecule has 1 aromatic rings. The smallest absolute Gasteiger partial charge is 0.347 e. The summed E-state index contributed by atoms with van der Waals surface area (Å²) in [7, 11) is 0. The molecule has 0 aliphatic carbocycles. The number of nitrogens with zero attached hydrogens (tertiary/aromatic N) is 2. The number of amides is 1. The van der Waals surface area contributed by atoms with Gasteiger partial charge in [-0.2, -0.15) is 4.98 Å². The van der Waals surface area contributed by atoms with E-state index >= 15 is 0 Å². The molecular formula is C12H17N3O4. The van der Waals surface area contributed by atoms with Crippen LogP contribution in [0.1, 0.15) is 36.2 Å². The third-order valence-electron chi connectivity index (χ3n) is 3.06. The number of carbonyl (C=O) groups excluding carboxylic acids is 1. The van der Waals surface area contributed by atoms with E-state index in [2.05, 4.69) is 4.98 Å². The van der Waals surface area contributed by atoms with Gasteiger partial charge < -0.3 is 10.8 Å². The second-order valence-electron chi connectivity index (χ2n) is 4.41. The highest BCUT2D eigenvalue weighted by Gasteiger charge is 2.22. The van der Waals surface area contributed by atoms with Crippen molar-refractivity contribution in [3.05, 3.63) is 27.4 Å². The van der Waals surface area contributed by atoms with Crippen LogP contribution in [0.25, 0.3) is 0 Å². The van der Waals surface area contributed by atoms with Crippen LogP contribution >= 0.6 is 0 Å². The van der Waals surface area contributed by atoms with Gasteiger partial charge in [0.25, 0.3) is 0 Å². The van der Waals surface area contributed by atoms with Gasteiger partial charge in [0.15, 0.2) is 0 Å². The Kier molecular flexibility index (Phi) is 4.42. The summed E-state index contributed by atoms with van der Waals surface area (Å²) in [4.78, 5) is 37.4. The molecule has 7 heteroatoms. The van der Waals surface area contributed by atoms with Gasteiger partial charge >= 0.3 is 11.7 Å². The Hall–Kier alpha value is -2.18. The zero-order valence-electron chi connectivity index (χ0n) is 11.1. The van der Waals surface area contributed by atoms with E-state index in [4.69, 9.17) is 10.8 Å². The first-order chi connectivity index (χ1) is 8.75. The van der Waals surface area contributed by atoms with E-state index in [-0.39, 0.29) is 13.0 Å². The zero-order chi connectivity index (χ0) is 14.7. The molecular weight excluding hydrogens is 250 g/mol. The third-order valence-corrected chi connectivity index (χ3v) is 3.06. The van der Waals surface area contributed by atoms with Crippen molar-refractivity contribution in [1.82, 2.24) is 9.55 Å². The maximum atomic E-state index is 11.8. The largest absolute Gasteiger partial charge is 0.481 e. The van der Waals surface area contributed by atoms with Gasteiger partial charge in [-0.15, -0.1) is 0 Å². The number of rotatable bonds is 5. The molecule has 3 N–H and O–H groups in total. The average molecular weight is 267 g/mol. The van der Waals surface area contributed by atoms with E-state index in [0.717, 1.165) is 0 Å². The van der Waals surface area contributed by atoms with E-state index in [1.807, 2.05) is 0 Å². The number of hydrogen-bond donors (Lipinski definition) is 2. The Morgan fingerprint density at radius 3 is 2.47 bits per heavy atom. The number of carboxylic acids is 1. The third kappa shape index (κ3) is 3.18. The van der Waals surface area contributed by atoms with Crippen molar-refractivity contribution in [3.63, 3.8) is 0 Å². The van der Waals surface area contributed by atoms with E-state index in [1.54, 1.807) is 13.8 Å². The highest BCUT2D eigenvalue weighted by molar-refractivity contribution is 5.76. The standard InChI is InChI=1S/C12H17N3O4/c1-6(11(17)18)10-7(2)14-12(19)15(8(10)3)5-4-9(13)16/h6H,4-5H2,1-3H3,(H2,13,16)(H,17,18). The monoisotopic (exact) mass is 267 g/mol. The number of nitrogens with two attached hydrogens (primary N) is 1. The number of primary amides is 1. The highest BCUT2D eigenvalue weighted by atomic mass is 16.4. The summed E-state index contributed by atoms with van der Waals surface area (Å²) >= 11 is 0. The Morgan fingerprint density at radius 2 is 2.00 bits per heavy atom. The van der Waals surface area contributed by atoms with Crippen molar-refractivity contribution in [2.24, 2.45) is 5.73 Å². The molecule has 1 unspecified atom stereocenters. The zero-order valence-corrected chi connectivity index (χ0v) is 11.1. The van der Waals surface area contributed by atoms with Crippen molar-refractivity contribution in [1.29, 1.82) is 0 Å². The summed E-state index contributed by atoms with van der Waals surface area (Å²) in [6.45, 7) is 4.88. The number of aromatic nitrogens is 2. The van der Waals surface area contributed by atoms with Crippen LogP contribution in [0, 0.1) is 13.8 Å². The van der Waals surface area contributed by atoms with Crippen LogP contribution in [0.4, 0.5) is 0 Å². The minimum absolute atomic E-state index is 0.00633. The Morgan fingerprint density at radius 1 is 1.42 bits per heavy atom. The highest BCUT2D eigenvalue weighted by Crippen LogP contribution is 2.21. The maximum Gasteiger partial charge on any atom is 0.347 e. The molecule has 0 saturated carbocycles. The van der Waals surface area contributed by atoms with Gasteiger partial charge in [-0.3, -0.25) is 14.2 Å². The molecule has 0 spiro atoms. The number of hydrogen-bond acceptors (Lipinski definition) is 4. The van der Waals surface area contributed by atoms with Crippen LogP contribution in [0.5, 0.6) is 0 Å². The SMILES string of the molecule is Cc1nc(=O)n(CCC(N)=O)c(C)c1C(C)C(=O)O. The molecule has 1 rings (SSSR count). The summed E-state index contributed by atoms with van der Waals surface area (Å²) in [5.74, 6) is -2.29. The summed E-state index contributed by atoms with van der Waals surface area (Å²) in [6, 6.07) is 0. The number of aliphatic carboxylic acids is 1. The molecule has 1 heterocycles.